The van der Waals surface area contributed by atoms with Gasteiger partial charge in [0.1, 0.15) is 11.6 Å². The normalized spacial score (nSPS) is 16.0. The summed E-state index contributed by atoms with van der Waals surface area (Å²) in [5, 5.41) is 15.7. The minimum Gasteiger partial charge on any atom is -0.361 e. The second-order valence-corrected chi connectivity index (χ2v) is 6.83. The quantitative estimate of drug-likeness (QED) is 0.704. The van der Waals surface area contributed by atoms with Gasteiger partial charge in [0.2, 0.25) is 5.91 Å². The van der Waals surface area contributed by atoms with Crippen molar-refractivity contribution in [3.8, 4) is 28.4 Å². The third kappa shape index (κ3) is 3.58. The number of carbonyl (C=O) groups is 1. The van der Waals surface area contributed by atoms with Crippen LogP contribution in [-0.2, 0) is 4.79 Å². The number of aryl methyl sites for hydroxylation is 1. The van der Waals surface area contributed by atoms with Gasteiger partial charge in [0, 0.05) is 24.8 Å². The third-order valence-electron chi connectivity index (χ3n) is 4.97. The van der Waals surface area contributed by atoms with Crippen LogP contribution in [0.2, 0.25) is 0 Å². The molecule has 0 aliphatic carbocycles. The van der Waals surface area contributed by atoms with E-state index >= 15 is 0 Å². The number of aromatic nitrogens is 2. The number of anilines is 1. The van der Waals surface area contributed by atoms with Crippen LogP contribution in [0, 0.1) is 24.3 Å². The molecule has 4 rings (SSSR count). The first-order valence-corrected chi connectivity index (χ1v) is 9.08. The Hall–Kier alpha value is -3.66. The van der Waals surface area contributed by atoms with E-state index in [4.69, 9.17) is 9.78 Å². The fourth-order valence-electron chi connectivity index (χ4n) is 3.41. The maximum atomic E-state index is 12.5. The number of hydrogen-bond donors (Lipinski definition) is 1. The molecule has 1 unspecified atom stereocenters. The van der Waals surface area contributed by atoms with Gasteiger partial charge in [-0.3, -0.25) is 4.79 Å². The van der Waals surface area contributed by atoms with Crippen molar-refractivity contribution in [1.82, 2.24) is 15.0 Å². The standard InChI is InChI=1S/C21H19N5O2/c1-14-19(11-24-28-14)17-4-2-3-15(9-17)16-5-7-23-20(10-16)25-21(27)18-6-8-26(12-18)13-22/h2-5,7,9-11,18H,6,8,12H2,1H3,(H,23,25,27). The van der Waals surface area contributed by atoms with Gasteiger partial charge in [-0.25, -0.2) is 4.98 Å². The Balaban J connectivity index is 1.54. The molecule has 2 aromatic heterocycles. The number of pyridine rings is 1. The van der Waals surface area contributed by atoms with Crippen molar-refractivity contribution in [2.45, 2.75) is 13.3 Å². The van der Waals surface area contributed by atoms with Crippen LogP contribution in [0.3, 0.4) is 0 Å². The van der Waals surface area contributed by atoms with Gasteiger partial charge in [-0.05, 0) is 48.2 Å². The molecule has 1 saturated heterocycles. The summed E-state index contributed by atoms with van der Waals surface area (Å²) in [6.45, 7) is 2.96. The monoisotopic (exact) mass is 373 g/mol. The Kier molecular flexibility index (Phi) is 4.77. The Morgan fingerprint density at radius 1 is 1.29 bits per heavy atom. The van der Waals surface area contributed by atoms with E-state index in [9.17, 15) is 4.79 Å². The summed E-state index contributed by atoms with van der Waals surface area (Å²) in [6, 6.07) is 11.8. The van der Waals surface area contributed by atoms with Gasteiger partial charge in [0.05, 0.1) is 12.1 Å². The molecular weight excluding hydrogens is 354 g/mol. The summed E-state index contributed by atoms with van der Waals surface area (Å²) in [7, 11) is 0. The molecule has 0 saturated carbocycles. The molecule has 7 nitrogen and oxygen atoms in total. The molecule has 0 spiro atoms. The summed E-state index contributed by atoms with van der Waals surface area (Å²) in [5.41, 5.74) is 3.92. The highest BCUT2D eigenvalue weighted by Crippen LogP contribution is 2.29. The molecular formula is C21H19N5O2. The fraction of sp³-hybridized carbons (Fsp3) is 0.238. The van der Waals surface area contributed by atoms with E-state index in [1.165, 1.54) is 0 Å². The lowest BCUT2D eigenvalue weighted by Crippen LogP contribution is -2.25. The zero-order chi connectivity index (χ0) is 19.5. The van der Waals surface area contributed by atoms with Crippen LogP contribution >= 0.6 is 0 Å². The SMILES string of the molecule is Cc1oncc1-c1cccc(-c2ccnc(NC(=O)C3CCN(C#N)C3)c2)c1. The van der Waals surface area contributed by atoms with Crippen molar-refractivity contribution in [2.75, 3.05) is 18.4 Å². The van der Waals surface area contributed by atoms with Crippen LogP contribution in [-0.4, -0.2) is 34.0 Å². The minimum atomic E-state index is -0.190. The summed E-state index contributed by atoms with van der Waals surface area (Å²) in [5.74, 6) is 0.980. The van der Waals surface area contributed by atoms with E-state index in [-0.39, 0.29) is 11.8 Å². The first-order chi connectivity index (χ1) is 13.6. The lowest BCUT2D eigenvalue weighted by Gasteiger charge is -2.11. The van der Waals surface area contributed by atoms with E-state index in [0.29, 0.717) is 25.3 Å². The second-order valence-electron chi connectivity index (χ2n) is 6.83. The molecule has 1 amide bonds. The second kappa shape index (κ2) is 7.53. The van der Waals surface area contributed by atoms with E-state index in [1.807, 2.05) is 37.3 Å². The van der Waals surface area contributed by atoms with E-state index in [1.54, 1.807) is 17.3 Å². The highest BCUT2D eigenvalue weighted by Gasteiger charge is 2.28. The van der Waals surface area contributed by atoms with Gasteiger partial charge in [0.15, 0.2) is 6.19 Å². The molecule has 1 aromatic carbocycles. The van der Waals surface area contributed by atoms with Crippen molar-refractivity contribution in [2.24, 2.45) is 5.92 Å². The molecule has 7 heteroatoms. The molecule has 140 valence electrons. The molecule has 1 atom stereocenters. The number of nitriles is 1. The summed E-state index contributed by atoms with van der Waals surface area (Å²) < 4.78 is 5.16. The number of likely N-dealkylation sites (tertiary alicyclic amines) is 1. The van der Waals surface area contributed by atoms with Crippen molar-refractivity contribution >= 4 is 11.7 Å². The first-order valence-electron chi connectivity index (χ1n) is 9.08. The third-order valence-corrected chi connectivity index (χ3v) is 4.97. The predicted octanol–water partition coefficient (Wildman–Crippen LogP) is 3.45. The smallest absolute Gasteiger partial charge is 0.230 e. The minimum absolute atomic E-state index is 0.101. The number of nitrogens with one attached hydrogen (secondary N) is 1. The first kappa shape index (κ1) is 17.7. The predicted molar refractivity (Wildman–Crippen MR) is 104 cm³/mol. The van der Waals surface area contributed by atoms with Crippen molar-refractivity contribution < 1.29 is 9.32 Å². The Bertz CT molecular complexity index is 1050. The molecule has 28 heavy (non-hydrogen) atoms. The van der Waals surface area contributed by atoms with E-state index in [0.717, 1.165) is 28.0 Å². The zero-order valence-corrected chi connectivity index (χ0v) is 15.4. The van der Waals surface area contributed by atoms with Gasteiger partial charge >= 0.3 is 0 Å². The van der Waals surface area contributed by atoms with Gasteiger partial charge in [-0.1, -0.05) is 23.4 Å². The molecule has 3 aromatic rings. The topological polar surface area (TPSA) is 95.1 Å². The molecule has 0 radical (unpaired) electrons. The highest BCUT2D eigenvalue weighted by molar-refractivity contribution is 5.92. The number of carbonyl (C=O) groups excluding carboxylic acids is 1. The number of benzene rings is 1. The van der Waals surface area contributed by atoms with Crippen LogP contribution in [0.5, 0.6) is 0 Å². The lowest BCUT2D eigenvalue weighted by atomic mass is 10.0. The number of amides is 1. The Morgan fingerprint density at radius 2 is 2.11 bits per heavy atom. The van der Waals surface area contributed by atoms with Gasteiger partial charge in [-0.2, -0.15) is 5.26 Å². The van der Waals surface area contributed by atoms with Crippen LogP contribution < -0.4 is 5.32 Å². The highest BCUT2D eigenvalue weighted by atomic mass is 16.5. The lowest BCUT2D eigenvalue weighted by molar-refractivity contribution is -0.119. The van der Waals surface area contributed by atoms with Crippen molar-refractivity contribution in [3.05, 3.63) is 54.6 Å². The molecule has 1 aliphatic rings. The Morgan fingerprint density at radius 3 is 2.86 bits per heavy atom. The van der Waals surface area contributed by atoms with Crippen LogP contribution in [0.1, 0.15) is 12.2 Å². The fourth-order valence-corrected chi connectivity index (χ4v) is 3.41. The number of hydrogen-bond acceptors (Lipinski definition) is 6. The van der Waals surface area contributed by atoms with Crippen LogP contribution in [0.15, 0.2) is 53.3 Å². The molecule has 3 heterocycles. The molecule has 1 aliphatic heterocycles. The summed E-state index contributed by atoms with van der Waals surface area (Å²) in [6.07, 6.45) is 6.16. The molecule has 1 N–H and O–H groups in total. The summed E-state index contributed by atoms with van der Waals surface area (Å²) in [4.78, 5) is 18.3. The summed E-state index contributed by atoms with van der Waals surface area (Å²) >= 11 is 0. The van der Waals surface area contributed by atoms with E-state index < -0.39 is 0 Å². The van der Waals surface area contributed by atoms with Crippen LogP contribution in [0.25, 0.3) is 22.3 Å². The van der Waals surface area contributed by atoms with Gasteiger partial charge in [0.25, 0.3) is 0 Å². The zero-order valence-electron chi connectivity index (χ0n) is 15.4. The van der Waals surface area contributed by atoms with Gasteiger partial charge < -0.3 is 14.7 Å². The number of nitrogens with zero attached hydrogens (tertiary/aromatic N) is 4. The van der Waals surface area contributed by atoms with Gasteiger partial charge in [-0.15, -0.1) is 0 Å². The van der Waals surface area contributed by atoms with Crippen molar-refractivity contribution in [3.63, 3.8) is 0 Å². The van der Waals surface area contributed by atoms with Crippen molar-refractivity contribution in [1.29, 1.82) is 5.26 Å². The Labute approximate surface area is 162 Å². The average Bonchev–Trinajstić information content (AvgIpc) is 3.37. The molecule has 1 fully saturated rings. The van der Waals surface area contributed by atoms with Crippen LogP contribution in [0.4, 0.5) is 5.82 Å². The maximum absolute atomic E-state index is 12.5. The molecule has 0 bridgehead atoms. The average molecular weight is 373 g/mol. The number of rotatable bonds is 4. The van der Waals surface area contributed by atoms with E-state index in [2.05, 4.69) is 27.7 Å². The maximum Gasteiger partial charge on any atom is 0.230 e. The largest absolute Gasteiger partial charge is 0.361 e.